The second-order valence-electron chi connectivity index (χ2n) is 7.50. The number of nitrogens with one attached hydrogen (secondary N) is 2. The van der Waals surface area contributed by atoms with Crippen LogP contribution >= 0.6 is 0 Å². The summed E-state index contributed by atoms with van der Waals surface area (Å²) in [6.07, 6.45) is 3.76. The number of carbonyl (C=O) groups excluding carboxylic acids is 1. The fourth-order valence-corrected chi connectivity index (χ4v) is 3.46. The van der Waals surface area contributed by atoms with Crippen LogP contribution in [0.15, 0.2) is 28.9 Å². The molecule has 2 fully saturated rings. The number of fused-ring (bicyclic) bond motifs is 1. The third-order valence-corrected chi connectivity index (χ3v) is 5.19. The topological polar surface area (TPSA) is 103 Å². The van der Waals surface area contributed by atoms with Crippen molar-refractivity contribution >= 4 is 17.2 Å². The third kappa shape index (κ3) is 3.83. The number of pyridine rings is 1. The maximum absolute atomic E-state index is 12.0. The van der Waals surface area contributed by atoms with E-state index in [0.717, 1.165) is 42.6 Å². The summed E-state index contributed by atoms with van der Waals surface area (Å²) in [5, 5.41) is 14.7. The van der Waals surface area contributed by atoms with Gasteiger partial charge < -0.3 is 24.6 Å². The smallest absolute Gasteiger partial charge is 0.262 e. The number of aryl methyl sites for hydroxylation is 1. The van der Waals surface area contributed by atoms with Crippen LogP contribution in [0, 0.1) is 12.8 Å². The number of morpholine rings is 1. The highest BCUT2D eigenvalue weighted by atomic mass is 16.6. The lowest BCUT2D eigenvalue weighted by Gasteiger charge is -2.23. The van der Waals surface area contributed by atoms with Crippen molar-refractivity contribution in [2.75, 3.05) is 31.6 Å². The molecule has 1 saturated heterocycles. The van der Waals surface area contributed by atoms with E-state index in [4.69, 9.17) is 14.0 Å². The lowest BCUT2D eigenvalue weighted by atomic mass is 10.1. The molecule has 3 aromatic rings. The molecule has 1 aliphatic carbocycles. The minimum absolute atomic E-state index is 0.0106. The fourth-order valence-electron chi connectivity index (χ4n) is 3.46. The van der Waals surface area contributed by atoms with Crippen molar-refractivity contribution in [3.63, 3.8) is 0 Å². The molecule has 2 N–H and O–H groups in total. The van der Waals surface area contributed by atoms with Gasteiger partial charge in [0.1, 0.15) is 18.5 Å². The zero-order valence-corrected chi connectivity index (χ0v) is 16.2. The number of hydrogen-bond acceptors (Lipinski definition) is 7. The molecule has 5 rings (SSSR count). The summed E-state index contributed by atoms with van der Waals surface area (Å²) in [5.74, 6) is 1.85. The molecule has 0 bridgehead atoms. The number of ether oxygens (including phenoxy) is 2. The van der Waals surface area contributed by atoms with Gasteiger partial charge in [0.25, 0.3) is 5.88 Å². The first-order valence-electron chi connectivity index (χ1n) is 9.89. The molecular weight excluding hydrogens is 374 g/mol. The minimum atomic E-state index is -0.0106. The molecule has 1 aliphatic heterocycles. The van der Waals surface area contributed by atoms with Crippen molar-refractivity contribution < 1.29 is 18.8 Å². The number of rotatable bonds is 6. The molecule has 0 radical (unpaired) electrons. The average molecular weight is 397 g/mol. The van der Waals surface area contributed by atoms with Gasteiger partial charge in [-0.15, -0.1) is 0 Å². The lowest BCUT2D eigenvalue weighted by molar-refractivity contribution is -0.117. The van der Waals surface area contributed by atoms with Gasteiger partial charge in [-0.1, -0.05) is 0 Å². The quantitative estimate of drug-likeness (QED) is 0.656. The largest absolute Gasteiger partial charge is 0.472 e. The van der Waals surface area contributed by atoms with Crippen molar-refractivity contribution in [1.29, 1.82) is 0 Å². The standard InChI is InChI=1S/C20H23N5O4/c1-12-18(20(24-29-12)28-11-16-10-21-5-7-27-16)14-4-6-25-15(8-14)9-17(23-25)22-19(26)13-2-3-13/h4,6,8-9,13,16,21H,2-3,5,7,10-11H2,1H3,(H,22,23,26)/t16-/m1/s1. The van der Waals surface area contributed by atoms with Gasteiger partial charge in [0.2, 0.25) is 5.91 Å². The van der Waals surface area contributed by atoms with E-state index in [9.17, 15) is 4.79 Å². The molecule has 1 amide bonds. The summed E-state index contributed by atoms with van der Waals surface area (Å²) in [6, 6.07) is 5.76. The van der Waals surface area contributed by atoms with Crippen molar-refractivity contribution in [1.82, 2.24) is 20.1 Å². The molecule has 9 heteroatoms. The highest BCUT2D eigenvalue weighted by Crippen LogP contribution is 2.34. The highest BCUT2D eigenvalue weighted by molar-refractivity contribution is 5.93. The Morgan fingerprint density at radius 1 is 1.41 bits per heavy atom. The van der Waals surface area contributed by atoms with Crippen LogP contribution in [0.5, 0.6) is 5.88 Å². The van der Waals surface area contributed by atoms with E-state index in [1.807, 2.05) is 31.3 Å². The van der Waals surface area contributed by atoms with E-state index in [1.54, 1.807) is 4.52 Å². The van der Waals surface area contributed by atoms with Crippen molar-refractivity contribution in [2.24, 2.45) is 5.92 Å². The van der Waals surface area contributed by atoms with Gasteiger partial charge >= 0.3 is 0 Å². The maximum Gasteiger partial charge on any atom is 0.262 e. The molecule has 9 nitrogen and oxygen atoms in total. The Morgan fingerprint density at radius 3 is 3.10 bits per heavy atom. The van der Waals surface area contributed by atoms with Gasteiger partial charge in [-0.2, -0.15) is 5.10 Å². The number of anilines is 1. The molecular formula is C20H23N5O4. The molecule has 0 aromatic carbocycles. The first-order chi connectivity index (χ1) is 14.2. The van der Waals surface area contributed by atoms with E-state index < -0.39 is 0 Å². The third-order valence-electron chi connectivity index (χ3n) is 5.19. The number of hydrogen-bond donors (Lipinski definition) is 2. The normalized spacial score (nSPS) is 19.4. The summed E-state index contributed by atoms with van der Waals surface area (Å²) in [7, 11) is 0. The summed E-state index contributed by atoms with van der Waals surface area (Å²) in [4.78, 5) is 12.0. The van der Waals surface area contributed by atoms with Gasteiger partial charge in [0.05, 0.1) is 17.7 Å². The Bertz CT molecular complexity index is 1030. The Balaban J connectivity index is 1.36. The maximum atomic E-state index is 12.0. The van der Waals surface area contributed by atoms with Gasteiger partial charge in [-0.05, 0) is 42.6 Å². The van der Waals surface area contributed by atoms with Crippen molar-refractivity contribution in [2.45, 2.75) is 25.9 Å². The predicted molar refractivity (Wildman–Crippen MR) is 105 cm³/mol. The molecule has 4 heterocycles. The van der Waals surface area contributed by atoms with E-state index in [-0.39, 0.29) is 17.9 Å². The molecule has 2 aliphatic rings. The van der Waals surface area contributed by atoms with Crippen molar-refractivity contribution in [3.8, 4) is 17.0 Å². The van der Waals surface area contributed by atoms with Gasteiger partial charge in [-0.3, -0.25) is 4.79 Å². The zero-order valence-electron chi connectivity index (χ0n) is 16.2. The predicted octanol–water partition coefficient (Wildman–Crippen LogP) is 2.01. The van der Waals surface area contributed by atoms with Gasteiger partial charge in [0.15, 0.2) is 5.82 Å². The number of nitrogens with zero attached hydrogens (tertiary/aromatic N) is 3. The van der Waals surface area contributed by atoms with Crippen LogP contribution in [-0.2, 0) is 9.53 Å². The van der Waals surface area contributed by atoms with E-state index in [2.05, 4.69) is 20.9 Å². The van der Waals surface area contributed by atoms with E-state index in [0.29, 0.717) is 30.7 Å². The molecule has 152 valence electrons. The first-order valence-corrected chi connectivity index (χ1v) is 9.89. The van der Waals surface area contributed by atoms with Crippen LogP contribution in [0.1, 0.15) is 18.6 Å². The second kappa shape index (κ2) is 7.49. The van der Waals surface area contributed by atoms with Crippen LogP contribution in [0.2, 0.25) is 0 Å². The van der Waals surface area contributed by atoms with E-state index >= 15 is 0 Å². The highest BCUT2D eigenvalue weighted by Gasteiger charge is 2.30. The zero-order chi connectivity index (χ0) is 19.8. The Kier molecular flexibility index (Phi) is 4.69. The van der Waals surface area contributed by atoms with Crippen LogP contribution in [0.25, 0.3) is 16.6 Å². The second-order valence-corrected chi connectivity index (χ2v) is 7.50. The lowest BCUT2D eigenvalue weighted by Crippen LogP contribution is -2.41. The number of aromatic nitrogens is 3. The summed E-state index contributed by atoms with van der Waals surface area (Å²) in [6.45, 7) is 4.55. The summed E-state index contributed by atoms with van der Waals surface area (Å²) in [5.41, 5.74) is 2.58. The molecule has 1 atom stereocenters. The monoisotopic (exact) mass is 397 g/mol. The van der Waals surface area contributed by atoms with Crippen LogP contribution < -0.4 is 15.4 Å². The Morgan fingerprint density at radius 2 is 2.31 bits per heavy atom. The molecule has 0 spiro atoms. The van der Waals surface area contributed by atoms with Gasteiger partial charge in [0, 0.05) is 31.3 Å². The Hall–Kier alpha value is -2.91. The molecule has 0 unspecified atom stereocenters. The summed E-state index contributed by atoms with van der Waals surface area (Å²) >= 11 is 0. The fraction of sp³-hybridized carbons (Fsp3) is 0.450. The summed E-state index contributed by atoms with van der Waals surface area (Å²) < 4.78 is 18.7. The van der Waals surface area contributed by atoms with Crippen LogP contribution in [0.4, 0.5) is 5.82 Å². The minimum Gasteiger partial charge on any atom is -0.472 e. The van der Waals surface area contributed by atoms with E-state index in [1.165, 1.54) is 0 Å². The van der Waals surface area contributed by atoms with Gasteiger partial charge in [-0.25, -0.2) is 4.52 Å². The average Bonchev–Trinajstić information content (AvgIpc) is 3.42. The SMILES string of the molecule is Cc1onc(OC[C@H]2CNCCO2)c1-c1ccn2nc(NC(=O)C3CC3)cc2c1. The molecule has 29 heavy (non-hydrogen) atoms. The first kappa shape index (κ1) is 18.1. The molecule has 1 saturated carbocycles. The molecule has 3 aromatic heterocycles. The Labute approximate surface area is 167 Å². The van der Waals surface area contributed by atoms with Crippen LogP contribution in [-0.4, -0.2) is 53.1 Å². The van der Waals surface area contributed by atoms with Crippen LogP contribution in [0.3, 0.4) is 0 Å². The number of carbonyl (C=O) groups is 1. The van der Waals surface area contributed by atoms with Crippen molar-refractivity contribution in [3.05, 3.63) is 30.2 Å². The number of amides is 1.